The van der Waals surface area contributed by atoms with Crippen LogP contribution in [0.4, 0.5) is 11.4 Å². The monoisotopic (exact) mass is 431 g/mol. The van der Waals surface area contributed by atoms with Gasteiger partial charge in [-0.15, -0.1) is 5.10 Å². The fourth-order valence-corrected chi connectivity index (χ4v) is 2.91. The second kappa shape index (κ2) is 9.33. The Hall–Kier alpha value is -3.50. The van der Waals surface area contributed by atoms with Crippen LogP contribution in [0, 0.1) is 17.0 Å². The van der Waals surface area contributed by atoms with E-state index < -0.39 is 10.8 Å². The molecule has 2 aromatic carbocycles. The van der Waals surface area contributed by atoms with Crippen molar-refractivity contribution >= 4 is 28.9 Å². The van der Waals surface area contributed by atoms with Gasteiger partial charge in [-0.1, -0.05) is 28.9 Å². The number of carbonyl (C=O) groups excluding carboxylic acids is 1. The summed E-state index contributed by atoms with van der Waals surface area (Å²) in [5.41, 5.74) is 1.17. The average molecular weight is 432 g/mol. The van der Waals surface area contributed by atoms with Crippen LogP contribution in [0.1, 0.15) is 16.2 Å². The Morgan fingerprint density at radius 1 is 1.27 bits per heavy atom. The van der Waals surface area contributed by atoms with Gasteiger partial charge in [0.25, 0.3) is 11.6 Å². The summed E-state index contributed by atoms with van der Waals surface area (Å²) < 4.78 is 11.9. The van der Waals surface area contributed by atoms with Gasteiger partial charge in [-0.25, -0.2) is 4.68 Å². The number of halogens is 1. The molecule has 0 aliphatic rings. The van der Waals surface area contributed by atoms with Crippen molar-refractivity contribution in [3.63, 3.8) is 0 Å². The number of hydrogen-bond donors (Lipinski definition) is 1. The minimum Gasteiger partial charge on any atom is -0.487 e. The highest BCUT2D eigenvalue weighted by Crippen LogP contribution is 2.33. The van der Waals surface area contributed by atoms with Crippen LogP contribution in [-0.2, 0) is 4.74 Å². The van der Waals surface area contributed by atoms with E-state index in [1.165, 1.54) is 22.9 Å². The fourth-order valence-electron chi connectivity index (χ4n) is 2.69. The van der Waals surface area contributed by atoms with Crippen molar-refractivity contribution in [1.29, 1.82) is 0 Å². The van der Waals surface area contributed by atoms with Crippen molar-refractivity contribution in [3.05, 3.63) is 69.0 Å². The molecule has 156 valence electrons. The van der Waals surface area contributed by atoms with Crippen LogP contribution < -0.4 is 10.1 Å². The van der Waals surface area contributed by atoms with E-state index in [9.17, 15) is 14.9 Å². The van der Waals surface area contributed by atoms with Gasteiger partial charge in [0.1, 0.15) is 6.61 Å². The van der Waals surface area contributed by atoms with Gasteiger partial charge in [-0.05, 0) is 25.1 Å². The molecule has 1 heterocycles. The van der Waals surface area contributed by atoms with Gasteiger partial charge in [-0.3, -0.25) is 14.9 Å². The zero-order valence-electron chi connectivity index (χ0n) is 16.2. The van der Waals surface area contributed by atoms with Crippen molar-refractivity contribution in [2.45, 2.75) is 6.92 Å². The lowest BCUT2D eigenvalue weighted by Gasteiger charge is -2.13. The number of nitro groups is 1. The summed E-state index contributed by atoms with van der Waals surface area (Å²) in [4.78, 5) is 23.3. The molecule has 1 N–H and O–H groups in total. The molecule has 10 nitrogen and oxygen atoms in total. The van der Waals surface area contributed by atoms with E-state index in [1.807, 2.05) is 0 Å². The first-order valence-electron chi connectivity index (χ1n) is 8.81. The number of amides is 1. The summed E-state index contributed by atoms with van der Waals surface area (Å²) in [6.07, 6.45) is 0. The molecule has 0 fully saturated rings. The van der Waals surface area contributed by atoms with Gasteiger partial charge in [0.15, 0.2) is 11.4 Å². The quantitative estimate of drug-likeness (QED) is 0.329. The lowest BCUT2D eigenvalue weighted by molar-refractivity contribution is -0.384. The smallest absolute Gasteiger partial charge is 0.278 e. The Morgan fingerprint density at radius 2 is 2.03 bits per heavy atom. The van der Waals surface area contributed by atoms with Crippen molar-refractivity contribution in [2.75, 3.05) is 25.6 Å². The van der Waals surface area contributed by atoms with E-state index >= 15 is 0 Å². The van der Waals surface area contributed by atoms with E-state index in [4.69, 9.17) is 21.1 Å². The maximum atomic E-state index is 12.8. The highest BCUT2D eigenvalue weighted by Gasteiger charge is 2.20. The number of aromatic nitrogens is 3. The SMILES string of the molecule is COCCOc1c(Cl)cccc1NC(=O)c1nnn(-c2cccc([N+](=O)[O-])c2)c1C. The summed E-state index contributed by atoms with van der Waals surface area (Å²) in [7, 11) is 1.55. The van der Waals surface area contributed by atoms with Crippen LogP contribution in [0.15, 0.2) is 42.5 Å². The summed E-state index contributed by atoms with van der Waals surface area (Å²) in [5, 5.41) is 21.9. The summed E-state index contributed by atoms with van der Waals surface area (Å²) in [6.45, 7) is 2.25. The predicted molar refractivity (Wildman–Crippen MR) is 110 cm³/mol. The molecule has 0 aliphatic carbocycles. The Bertz CT molecular complexity index is 1080. The molecule has 3 aromatic rings. The Balaban J connectivity index is 1.85. The first-order valence-corrected chi connectivity index (χ1v) is 9.19. The number of nitro benzene ring substituents is 1. The average Bonchev–Trinajstić information content (AvgIpc) is 3.11. The van der Waals surface area contributed by atoms with Crippen LogP contribution in [0.2, 0.25) is 5.02 Å². The lowest BCUT2D eigenvalue weighted by Crippen LogP contribution is -2.16. The van der Waals surface area contributed by atoms with Crippen molar-refractivity contribution in [2.24, 2.45) is 0 Å². The van der Waals surface area contributed by atoms with Crippen LogP contribution in [0.25, 0.3) is 5.69 Å². The first-order chi connectivity index (χ1) is 14.4. The molecule has 11 heteroatoms. The number of nitrogens with zero attached hydrogens (tertiary/aromatic N) is 4. The van der Waals surface area contributed by atoms with E-state index in [2.05, 4.69) is 15.6 Å². The third-order valence-electron chi connectivity index (χ3n) is 4.14. The summed E-state index contributed by atoms with van der Waals surface area (Å²) in [6, 6.07) is 10.8. The van der Waals surface area contributed by atoms with Gasteiger partial charge in [0.05, 0.1) is 33.6 Å². The number of nitrogens with one attached hydrogen (secondary N) is 1. The van der Waals surface area contributed by atoms with E-state index in [0.717, 1.165) is 0 Å². The molecule has 3 rings (SSSR count). The van der Waals surface area contributed by atoms with Gasteiger partial charge in [-0.2, -0.15) is 0 Å². The second-order valence-electron chi connectivity index (χ2n) is 6.12. The molecule has 0 unspecified atom stereocenters. The standard InChI is InChI=1S/C19H18ClN5O5/c1-12-17(22-23-24(12)13-5-3-6-14(11-13)25(27)28)19(26)21-16-8-4-7-15(20)18(16)30-10-9-29-2/h3-8,11H,9-10H2,1-2H3,(H,21,26). The molecule has 0 aliphatic heterocycles. The molecule has 0 radical (unpaired) electrons. The number of carbonyl (C=O) groups is 1. The maximum Gasteiger partial charge on any atom is 0.278 e. The lowest BCUT2D eigenvalue weighted by atomic mass is 10.2. The van der Waals surface area contributed by atoms with Crippen LogP contribution in [0.3, 0.4) is 0 Å². The predicted octanol–water partition coefficient (Wildman–Crippen LogP) is 3.41. The molecule has 0 spiro atoms. The number of anilines is 1. The minimum atomic E-state index is -0.525. The number of rotatable bonds is 8. The minimum absolute atomic E-state index is 0.0596. The molecule has 0 atom stereocenters. The van der Waals surface area contributed by atoms with Gasteiger partial charge < -0.3 is 14.8 Å². The summed E-state index contributed by atoms with van der Waals surface area (Å²) in [5.74, 6) is -0.212. The summed E-state index contributed by atoms with van der Waals surface area (Å²) >= 11 is 6.19. The van der Waals surface area contributed by atoms with E-state index in [0.29, 0.717) is 34.4 Å². The van der Waals surface area contributed by atoms with Crippen LogP contribution in [-0.4, -0.2) is 46.1 Å². The highest BCUT2D eigenvalue weighted by molar-refractivity contribution is 6.32. The Morgan fingerprint density at radius 3 is 2.77 bits per heavy atom. The molecule has 1 aromatic heterocycles. The molecular weight excluding hydrogens is 414 g/mol. The number of benzene rings is 2. The molecule has 0 bridgehead atoms. The topological polar surface area (TPSA) is 121 Å². The molecule has 0 saturated carbocycles. The van der Waals surface area contributed by atoms with Crippen molar-refractivity contribution in [1.82, 2.24) is 15.0 Å². The van der Waals surface area contributed by atoms with Crippen LogP contribution in [0.5, 0.6) is 5.75 Å². The van der Waals surface area contributed by atoms with Crippen molar-refractivity contribution in [3.8, 4) is 11.4 Å². The molecule has 30 heavy (non-hydrogen) atoms. The third kappa shape index (κ3) is 4.56. The zero-order chi connectivity index (χ0) is 21.7. The number of methoxy groups -OCH3 is 1. The molecule has 1 amide bonds. The first kappa shape index (κ1) is 21.2. The third-order valence-corrected chi connectivity index (χ3v) is 4.44. The zero-order valence-corrected chi connectivity index (χ0v) is 16.9. The fraction of sp³-hybridized carbons (Fsp3) is 0.211. The van der Waals surface area contributed by atoms with Gasteiger partial charge >= 0.3 is 0 Å². The maximum absolute atomic E-state index is 12.8. The Kier molecular flexibility index (Phi) is 6.60. The molecular formula is C19H18ClN5O5. The highest BCUT2D eigenvalue weighted by atomic mass is 35.5. The number of non-ortho nitro benzene ring substituents is 1. The number of hydrogen-bond acceptors (Lipinski definition) is 7. The normalized spacial score (nSPS) is 10.6. The molecule has 0 saturated heterocycles. The van der Waals surface area contributed by atoms with E-state index in [1.54, 1.807) is 38.3 Å². The second-order valence-corrected chi connectivity index (χ2v) is 6.53. The number of ether oxygens (including phenoxy) is 2. The number of para-hydroxylation sites is 1. The van der Waals surface area contributed by atoms with E-state index in [-0.39, 0.29) is 18.0 Å². The Labute approximate surface area is 176 Å². The van der Waals surface area contributed by atoms with Crippen molar-refractivity contribution < 1.29 is 19.2 Å². The largest absolute Gasteiger partial charge is 0.487 e. The van der Waals surface area contributed by atoms with Gasteiger partial charge in [0, 0.05) is 19.2 Å². The van der Waals surface area contributed by atoms with Gasteiger partial charge in [0.2, 0.25) is 0 Å². The van der Waals surface area contributed by atoms with Crippen LogP contribution >= 0.6 is 11.6 Å².